The normalized spacial score (nSPS) is 15.4. The van der Waals surface area contributed by atoms with Crippen LogP contribution in [0.3, 0.4) is 0 Å². The predicted octanol–water partition coefficient (Wildman–Crippen LogP) is 1.89. The molecule has 0 aliphatic heterocycles. The highest BCUT2D eigenvalue weighted by molar-refractivity contribution is 5.91. The fraction of sp³-hybridized carbons (Fsp3) is 0.312. The first kappa shape index (κ1) is 14.4. The molecule has 0 saturated heterocycles. The highest BCUT2D eigenvalue weighted by Crippen LogP contribution is 2.49. The first-order valence-electron chi connectivity index (χ1n) is 7.09. The fourth-order valence-electron chi connectivity index (χ4n) is 2.68. The Bertz CT molecular complexity index is 680. The van der Waals surface area contributed by atoms with Crippen LogP contribution in [0.2, 0.25) is 0 Å². The van der Waals surface area contributed by atoms with Gasteiger partial charge in [0.1, 0.15) is 5.82 Å². The van der Waals surface area contributed by atoms with E-state index >= 15 is 0 Å². The maximum absolute atomic E-state index is 13.1. The molecule has 1 heterocycles. The van der Waals surface area contributed by atoms with Crippen LogP contribution in [0.5, 0.6) is 0 Å². The lowest BCUT2D eigenvalue weighted by atomic mass is 9.94. The predicted molar refractivity (Wildman–Crippen MR) is 80.2 cm³/mol. The van der Waals surface area contributed by atoms with Crippen LogP contribution in [-0.2, 0) is 16.8 Å². The molecule has 1 aliphatic carbocycles. The Morgan fingerprint density at radius 2 is 1.86 bits per heavy atom. The number of carbonyl (C=O) groups is 1. The molecule has 0 spiro atoms. The van der Waals surface area contributed by atoms with Crippen LogP contribution in [0, 0.1) is 5.82 Å². The largest absolute Gasteiger partial charge is 0.368 e. The number of nitrogens with two attached hydrogens (primary N) is 1. The second-order valence-electron chi connectivity index (χ2n) is 5.70. The molecule has 0 unspecified atom stereocenters. The number of hydrogen-bond acceptors (Lipinski definition) is 4. The van der Waals surface area contributed by atoms with E-state index in [0.29, 0.717) is 6.54 Å². The maximum atomic E-state index is 13.1. The van der Waals surface area contributed by atoms with E-state index in [4.69, 9.17) is 5.73 Å². The number of aromatic nitrogens is 2. The second kappa shape index (κ2) is 5.36. The molecule has 1 fully saturated rings. The first-order chi connectivity index (χ1) is 10.5. The molecule has 5 nitrogen and oxygen atoms in total. The van der Waals surface area contributed by atoms with E-state index in [2.05, 4.69) is 9.97 Å². The molecule has 6 heteroatoms. The summed E-state index contributed by atoms with van der Waals surface area (Å²) in [6, 6.07) is 6.19. The third-order valence-electron chi connectivity index (χ3n) is 4.05. The van der Waals surface area contributed by atoms with Gasteiger partial charge in [-0.1, -0.05) is 12.1 Å². The molecule has 0 atom stereocenters. The Kier molecular flexibility index (Phi) is 3.52. The van der Waals surface area contributed by atoms with Crippen molar-refractivity contribution in [1.82, 2.24) is 14.9 Å². The van der Waals surface area contributed by atoms with Crippen molar-refractivity contribution < 1.29 is 9.18 Å². The lowest BCUT2D eigenvalue weighted by molar-refractivity contribution is -0.133. The highest BCUT2D eigenvalue weighted by atomic mass is 19.1. The van der Waals surface area contributed by atoms with Gasteiger partial charge in [-0.3, -0.25) is 4.79 Å². The number of amides is 1. The fourth-order valence-corrected chi connectivity index (χ4v) is 2.68. The number of anilines is 1. The van der Waals surface area contributed by atoms with Gasteiger partial charge in [-0.2, -0.15) is 0 Å². The molecular weight excluding hydrogens is 283 g/mol. The van der Waals surface area contributed by atoms with E-state index in [1.54, 1.807) is 36.5 Å². The van der Waals surface area contributed by atoms with Gasteiger partial charge in [0.25, 0.3) is 0 Å². The van der Waals surface area contributed by atoms with Crippen LogP contribution < -0.4 is 5.73 Å². The summed E-state index contributed by atoms with van der Waals surface area (Å²) in [5, 5.41) is 0. The Hall–Kier alpha value is -2.50. The molecule has 0 bridgehead atoms. The standard InChI is InChI=1S/C16H17FN4O/c1-21(10-11-8-19-15(18)20-9-11)14(22)16(6-7-16)12-2-4-13(17)5-3-12/h2-5,8-9H,6-7,10H2,1H3,(H2,18,19,20). The van der Waals surface area contributed by atoms with Crippen molar-refractivity contribution in [2.24, 2.45) is 0 Å². The van der Waals surface area contributed by atoms with Gasteiger partial charge in [0, 0.05) is 31.5 Å². The molecule has 1 amide bonds. The lowest BCUT2D eigenvalue weighted by Gasteiger charge is -2.23. The van der Waals surface area contributed by atoms with E-state index in [-0.39, 0.29) is 17.7 Å². The molecule has 0 radical (unpaired) electrons. The van der Waals surface area contributed by atoms with Gasteiger partial charge in [-0.25, -0.2) is 14.4 Å². The zero-order valence-corrected chi connectivity index (χ0v) is 12.3. The van der Waals surface area contributed by atoms with E-state index in [1.165, 1.54) is 12.1 Å². The minimum atomic E-state index is -0.503. The third-order valence-corrected chi connectivity index (χ3v) is 4.05. The molecule has 2 N–H and O–H groups in total. The number of likely N-dealkylation sites (N-methyl/N-ethyl adjacent to an activating group) is 1. The van der Waals surface area contributed by atoms with Gasteiger partial charge in [0.2, 0.25) is 11.9 Å². The average molecular weight is 300 g/mol. The molecule has 3 rings (SSSR count). The topological polar surface area (TPSA) is 72.1 Å². The molecule has 22 heavy (non-hydrogen) atoms. The van der Waals surface area contributed by atoms with Gasteiger partial charge >= 0.3 is 0 Å². The summed E-state index contributed by atoms with van der Waals surface area (Å²) >= 11 is 0. The Morgan fingerprint density at radius 3 is 2.41 bits per heavy atom. The van der Waals surface area contributed by atoms with Gasteiger partial charge < -0.3 is 10.6 Å². The van der Waals surface area contributed by atoms with Crippen LogP contribution in [0.4, 0.5) is 10.3 Å². The number of halogens is 1. The minimum absolute atomic E-state index is 0.0379. The molecule has 1 aliphatic rings. The molecule has 1 aromatic carbocycles. The van der Waals surface area contributed by atoms with Gasteiger partial charge in [-0.15, -0.1) is 0 Å². The maximum Gasteiger partial charge on any atom is 0.233 e. The summed E-state index contributed by atoms with van der Waals surface area (Å²) < 4.78 is 13.1. The number of nitrogen functional groups attached to an aromatic ring is 1. The molecular formula is C16H17FN4O. The molecule has 2 aromatic rings. The number of rotatable bonds is 4. The summed E-state index contributed by atoms with van der Waals surface area (Å²) in [5.41, 5.74) is 6.64. The Labute approximate surface area is 128 Å². The lowest BCUT2D eigenvalue weighted by Crippen LogP contribution is -2.36. The van der Waals surface area contributed by atoms with Crippen molar-refractivity contribution in [3.8, 4) is 0 Å². The average Bonchev–Trinajstić information content (AvgIpc) is 3.31. The monoisotopic (exact) mass is 300 g/mol. The van der Waals surface area contributed by atoms with E-state index < -0.39 is 5.41 Å². The highest BCUT2D eigenvalue weighted by Gasteiger charge is 2.52. The van der Waals surface area contributed by atoms with Crippen molar-refractivity contribution in [1.29, 1.82) is 0 Å². The SMILES string of the molecule is CN(Cc1cnc(N)nc1)C(=O)C1(c2ccc(F)cc2)CC1. The van der Waals surface area contributed by atoms with Crippen molar-refractivity contribution >= 4 is 11.9 Å². The Balaban J connectivity index is 1.75. The van der Waals surface area contributed by atoms with Crippen molar-refractivity contribution in [2.45, 2.75) is 24.8 Å². The minimum Gasteiger partial charge on any atom is -0.368 e. The first-order valence-corrected chi connectivity index (χ1v) is 7.09. The van der Waals surface area contributed by atoms with Crippen LogP contribution >= 0.6 is 0 Å². The quantitative estimate of drug-likeness (QED) is 0.936. The number of nitrogens with zero attached hydrogens (tertiary/aromatic N) is 3. The number of benzene rings is 1. The van der Waals surface area contributed by atoms with Crippen molar-refractivity contribution in [3.05, 3.63) is 53.6 Å². The summed E-state index contributed by atoms with van der Waals surface area (Å²) in [6.45, 7) is 0.419. The zero-order chi connectivity index (χ0) is 15.7. The molecule has 1 aromatic heterocycles. The number of carbonyl (C=O) groups excluding carboxylic acids is 1. The third kappa shape index (κ3) is 2.64. The van der Waals surface area contributed by atoms with Gasteiger partial charge in [-0.05, 0) is 30.5 Å². The summed E-state index contributed by atoms with van der Waals surface area (Å²) in [5.74, 6) is -0.0435. The van der Waals surface area contributed by atoms with E-state index in [1.807, 2.05) is 0 Å². The van der Waals surface area contributed by atoms with Crippen LogP contribution in [0.15, 0.2) is 36.7 Å². The molecule has 114 valence electrons. The smallest absolute Gasteiger partial charge is 0.233 e. The van der Waals surface area contributed by atoms with E-state index in [0.717, 1.165) is 24.0 Å². The summed E-state index contributed by atoms with van der Waals surface area (Å²) in [6.07, 6.45) is 4.81. The van der Waals surface area contributed by atoms with Crippen LogP contribution in [-0.4, -0.2) is 27.8 Å². The zero-order valence-electron chi connectivity index (χ0n) is 12.3. The summed E-state index contributed by atoms with van der Waals surface area (Å²) in [7, 11) is 1.75. The second-order valence-corrected chi connectivity index (χ2v) is 5.70. The van der Waals surface area contributed by atoms with Crippen molar-refractivity contribution in [2.75, 3.05) is 12.8 Å². The summed E-state index contributed by atoms with van der Waals surface area (Å²) in [4.78, 5) is 22.3. The van der Waals surface area contributed by atoms with Gasteiger partial charge in [0.05, 0.1) is 5.41 Å². The molecule has 1 saturated carbocycles. The Morgan fingerprint density at radius 1 is 1.27 bits per heavy atom. The van der Waals surface area contributed by atoms with Crippen molar-refractivity contribution in [3.63, 3.8) is 0 Å². The van der Waals surface area contributed by atoms with Gasteiger partial charge in [0.15, 0.2) is 0 Å². The van der Waals surface area contributed by atoms with Crippen LogP contribution in [0.1, 0.15) is 24.0 Å². The van der Waals surface area contributed by atoms with Crippen LogP contribution in [0.25, 0.3) is 0 Å². The number of hydrogen-bond donors (Lipinski definition) is 1. The van der Waals surface area contributed by atoms with E-state index in [9.17, 15) is 9.18 Å².